The van der Waals surface area contributed by atoms with Crippen molar-refractivity contribution in [3.8, 4) is 67.3 Å². The maximum Gasteiger partial charge on any atom is 0.226 e. The summed E-state index contributed by atoms with van der Waals surface area (Å²) in [4.78, 5) is 17.7. The van der Waals surface area contributed by atoms with Gasteiger partial charge in [0.1, 0.15) is 11.2 Å². The Labute approximate surface area is 378 Å². The van der Waals surface area contributed by atoms with E-state index in [0.29, 0.717) is 11.6 Å². The average molecular weight is 851 g/mol. The fraction of sp³-hybridized carbons (Fsp3) is 0. The first-order valence-corrected chi connectivity index (χ1v) is 22.1. The molecule has 13 rings (SSSR count). The Morgan fingerprint density at radius 1 is 0.338 bits per heavy atom. The zero-order valence-corrected chi connectivity index (χ0v) is 35.5. The average Bonchev–Trinajstić information content (AvgIpc) is 3.96. The summed E-state index contributed by atoms with van der Waals surface area (Å²) in [7, 11) is 0. The summed E-state index contributed by atoms with van der Waals surface area (Å²) in [6.07, 6.45) is 0. The van der Waals surface area contributed by atoms with Crippen LogP contribution in [0.4, 0.5) is 0 Å². The topological polar surface area (TPSA) is 67.6 Å². The molecule has 10 aromatic carbocycles. The van der Waals surface area contributed by atoms with Crippen LogP contribution in [0.5, 0.6) is 0 Å². The van der Waals surface area contributed by atoms with Gasteiger partial charge >= 0.3 is 0 Å². The molecule has 65 heavy (non-hydrogen) atoms. The van der Waals surface area contributed by atoms with Crippen LogP contribution in [0.3, 0.4) is 0 Å². The van der Waals surface area contributed by atoms with Crippen molar-refractivity contribution >= 4 is 76.9 Å². The summed E-state index contributed by atoms with van der Waals surface area (Å²) in [5, 5.41) is 9.80. The van der Waals surface area contributed by atoms with E-state index < -0.39 is 0 Å². The van der Waals surface area contributed by atoms with E-state index >= 15 is 0 Å². The molecule has 0 aliphatic carbocycles. The number of nitrogens with one attached hydrogen (secondary N) is 1. The zero-order valence-electron chi connectivity index (χ0n) is 34.8. The van der Waals surface area contributed by atoms with Crippen LogP contribution in [0.2, 0.25) is 5.28 Å². The Balaban J connectivity index is 0.830. The Hall–Kier alpha value is -8.38. The fourth-order valence-electron chi connectivity index (χ4n) is 9.73. The van der Waals surface area contributed by atoms with Gasteiger partial charge in [0.05, 0.1) is 11.0 Å². The molecule has 0 amide bonds. The molecule has 1 N–H and O–H groups in total. The third-order valence-corrected chi connectivity index (χ3v) is 13.0. The maximum atomic E-state index is 6.83. The van der Waals surface area contributed by atoms with Gasteiger partial charge in [-0.2, -0.15) is 9.97 Å². The van der Waals surface area contributed by atoms with Gasteiger partial charge in [-0.15, -0.1) is 0 Å². The minimum Gasteiger partial charge on any atom is -0.455 e. The van der Waals surface area contributed by atoms with Gasteiger partial charge in [-0.1, -0.05) is 188 Å². The number of furan rings is 1. The highest BCUT2D eigenvalue weighted by molar-refractivity contribution is 6.32. The molecule has 3 aromatic heterocycles. The third-order valence-electron chi connectivity index (χ3n) is 12.8. The predicted octanol–water partition coefficient (Wildman–Crippen LogP) is 16.4. The fourth-order valence-corrected chi connectivity index (χ4v) is 9.89. The zero-order chi connectivity index (χ0) is 43.0. The number of benzene rings is 10. The largest absolute Gasteiger partial charge is 0.455 e. The molecule has 304 valence electrons. The number of halogens is 1. The summed E-state index contributed by atoms with van der Waals surface area (Å²) < 4.78 is 6.83. The lowest BCUT2D eigenvalue weighted by molar-refractivity contribution is 0.670. The van der Waals surface area contributed by atoms with Gasteiger partial charge in [0.15, 0.2) is 11.6 Å². The van der Waals surface area contributed by atoms with Gasteiger partial charge in [0.2, 0.25) is 5.28 Å². The molecule has 0 saturated carbocycles. The second-order valence-electron chi connectivity index (χ2n) is 16.5. The molecule has 0 aliphatic rings. The molecule has 5 nitrogen and oxygen atoms in total. The van der Waals surface area contributed by atoms with Gasteiger partial charge in [0, 0.05) is 49.2 Å². The summed E-state index contributed by atoms with van der Waals surface area (Å²) in [6.45, 7) is 0. The monoisotopic (exact) mass is 850 g/mol. The molecule has 3 heterocycles. The van der Waals surface area contributed by atoms with Crippen molar-refractivity contribution in [3.63, 3.8) is 0 Å². The van der Waals surface area contributed by atoms with Crippen molar-refractivity contribution < 1.29 is 4.42 Å². The van der Waals surface area contributed by atoms with Gasteiger partial charge < -0.3 is 9.40 Å². The van der Waals surface area contributed by atoms with E-state index in [2.05, 4.69) is 179 Å². The molecule has 0 saturated heterocycles. The molecule has 0 unspecified atom stereocenters. The van der Waals surface area contributed by atoms with E-state index in [-0.39, 0.29) is 5.28 Å². The van der Waals surface area contributed by atoms with Crippen LogP contribution in [-0.2, 0) is 0 Å². The summed E-state index contributed by atoms with van der Waals surface area (Å²) >= 11 is 6.48. The quantitative estimate of drug-likeness (QED) is 0.169. The number of rotatable bonds is 6. The maximum absolute atomic E-state index is 6.83. The van der Waals surface area contributed by atoms with Crippen LogP contribution >= 0.6 is 11.6 Å². The molecule has 13 aromatic rings. The first kappa shape index (κ1) is 37.2. The number of fused-ring (bicyclic) bond motifs is 11. The minimum absolute atomic E-state index is 0.152. The van der Waals surface area contributed by atoms with E-state index in [4.69, 9.17) is 21.0 Å². The summed E-state index contributed by atoms with van der Waals surface area (Å²) in [6, 6.07) is 72.4. The van der Waals surface area contributed by atoms with Crippen LogP contribution in [0.25, 0.3) is 133 Å². The standard InChI is InChI=1S/C59H35ClN4O/c60-59-63-57(38-27-23-36(24-28-38)35-11-2-1-3-12-35)62-58(64-59)39-29-25-37(26-30-39)40-13-8-14-41(33-40)44-20-10-21-50-47-32-31-42(34-52(47)65-56(44)50)43-19-9-22-51-53-48-17-6-4-15-45(48)46-16-5-7-18-49(46)55(53)61-54(43)51/h1-34,61H. The number of hydrogen-bond acceptors (Lipinski definition) is 4. The highest BCUT2D eigenvalue weighted by atomic mass is 35.5. The molecule has 0 fully saturated rings. The Bertz CT molecular complexity index is 4000. The number of para-hydroxylation sites is 2. The first-order valence-electron chi connectivity index (χ1n) is 21.7. The lowest BCUT2D eigenvalue weighted by Gasteiger charge is -2.09. The van der Waals surface area contributed by atoms with Crippen LogP contribution in [0, 0.1) is 0 Å². The highest BCUT2D eigenvalue weighted by Gasteiger charge is 2.19. The van der Waals surface area contributed by atoms with Crippen LogP contribution in [0.15, 0.2) is 211 Å². The number of hydrogen-bond donors (Lipinski definition) is 1. The van der Waals surface area contributed by atoms with E-state index in [1.54, 1.807) is 0 Å². The second kappa shape index (κ2) is 14.9. The van der Waals surface area contributed by atoms with E-state index in [1.807, 2.05) is 42.5 Å². The summed E-state index contributed by atoms with van der Waals surface area (Å²) in [5.41, 5.74) is 14.5. The normalized spacial score (nSPS) is 11.8. The van der Waals surface area contributed by atoms with E-state index in [1.165, 1.54) is 32.3 Å². The SMILES string of the molecule is Clc1nc(-c2ccc(-c3ccccc3)cc2)nc(-c2ccc(-c3cccc(-c4cccc5c4oc4cc(-c6cccc7c6[nH]c6c8ccccc8c8ccccc8c76)ccc45)c3)cc2)n1. The van der Waals surface area contributed by atoms with Crippen molar-refractivity contribution in [2.45, 2.75) is 0 Å². The number of H-pyrrole nitrogens is 1. The Kier molecular flexibility index (Phi) is 8.51. The third kappa shape index (κ3) is 6.20. The van der Waals surface area contributed by atoms with Crippen LogP contribution < -0.4 is 0 Å². The minimum atomic E-state index is 0.152. The Morgan fingerprint density at radius 3 is 1.58 bits per heavy atom. The van der Waals surface area contributed by atoms with Gasteiger partial charge in [0.25, 0.3) is 0 Å². The molecule has 0 spiro atoms. The van der Waals surface area contributed by atoms with Crippen LogP contribution in [0.1, 0.15) is 0 Å². The van der Waals surface area contributed by atoms with Crippen molar-refractivity contribution in [3.05, 3.63) is 212 Å². The van der Waals surface area contributed by atoms with Gasteiger partial charge in [-0.3, -0.25) is 0 Å². The molecule has 0 aliphatic heterocycles. The van der Waals surface area contributed by atoms with Crippen molar-refractivity contribution in [2.75, 3.05) is 0 Å². The smallest absolute Gasteiger partial charge is 0.226 e. The lowest BCUT2D eigenvalue weighted by atomic mass is 9.95. The van der Waals surface area contributed by atoms with Gasteiger partial charge in [-0.25, -0.2) is 4.98 Å². The molecule has 0 radical (unpaired) electrons. The molecule has 0 bridgehead atoms. The lowest BCUT2D eigenvalue weighted by Crippen LogP contribution is -1.97. The number of aromatic nitrogens is 4. The molecule has 0 atom stereocenters. The molecule has 6 heteroatoms. The van der Waals surface area contributed by atoms with Crippen molar-refractivity contribution in [2.24, 2.45) is 0 Å². The van der Waals surface area contributed by atoms with E-state index in [0.717, 1.165) is 88.6 Å². The highest BCUT2D eigenvalue weighted by Crippen LogP contribution is 2.43. The van der Waals surface area contributed by atoms with Gasteiger partial charge in [-0.05, 0) is 79.3 Å². The number of nitrogens with zero attached hydrogens (tertiary/aromatic N) is 3. The van der Waals surface area contributed by atoms with E-state index in [9.17, 15) is 0 Å². The van der Waals surface area contributed by atoms with Crippen molar-refractivity contribution in [1.82, 2.24) is 19.9 Å². The van der Waals surface area contributed by atoms with Crippen LogP contribution in [-0.4, -0.2) is 19.9 Å². The summed E-state index contributed by atoms with van der Waals surface area (Å²) in [5.74, 6) is 1.05. The molecular formula is C59H35ClN4O. The first-order chi connectivity index (χ1) is 32.1. The van der Waals surface area contributed by atoms with Crippen molar-refractivity contribution in [1.29, 1.82) is 0 Å². The number of aromatic amines is 1. The predicted molar refractivity (Wildman–Crippen MR) is 269 cm³/mol. The molecular weight excluding hydrogens is 816 g/mol. The second-order valence-corrected chi connectivity index (χ2v) is 16.9. The Morgan fingerprint density at radius 2 is 0.846 bits per heavy atom.